The van der Waals surface area contributed by atoms with E-state index in [1.165, 1.54) is 0 Å². The van der Waals surface area contributed by atoms with Crippen LogP contribution in [0.3, 0.4) is 0 Å². The Morgan fingerprint density at radius 1 is 1.71 bits per heavy atom. The molecule has 2 heterocycles. The van der Waals surface area contributed by atoms with Gasteiger partial charge >= 0.3 is 0 Å². The quantitative estimate of drug-likeness (QED) is 0.626. The number of imidazole rings is 1. The summed E-state index contributed by atoms with van der Waals surface area (Å²) in [7, 11) is 0. The van der Waals surface area contributed by atoms with Crippen molar-refractivity contribution in [3.63, 3.8) is 0 Å². The van der Waals surface area contributed by atoms with Gasteiger partial charge in [0.05, 0.1) is 11.4 Å². The molecule has 0 bridgehead atoms. The van der Waals surface area contributed by atoms with E-state index in [-0.39, 0.29) is 0 Å². The summed E-state index contributed by atoms with van der Waals surface area (Å²) in [6, 6.07) is 0. The minimum absolute atomic E-state index is 0.494. The minimum Gasteiger partial charge on any atom is -0.345 e. The number of aldehydes is 1. The summed E-state index contributed by atoms with van der Waals surface area (Å²) in [6.07, 6.45) is 1.14. The summed E-state index contributed by atoms with van der Waals surface area (Å²) in [5, 5.41) is 0. The predicted molar refractivity (Wildman–Crippen MR) is 51.5 cm³/mol. The molecule has 0 saturated carbocycles. The van der Waals surface area contributed by atoms with Gasteiger partial charge in [-0.2, -0.15) is 0 Å². The molecule has 0 radical (unpaired) electrons. The second kappa shape index (κ2) is 3.51. The molecule has 76 valence electrons. The first-order valence-corrected chi connectivity index (χ1v) is 4.70. The lowest BCUT2D eigenvalue weighted by molar-refractivity contribution is -0.112. The van der Waals surface area contributed by atoms with Crippen molar-refractivity contribution in [3.05, 3.63) is 17.2 Å². The number of fused-ring (bicyclic) bond motifs is 1. The van der Waals surface area contributed by atoms with Crippen molar-refractivity contribution in [2.45, 2.75) is 26.1 Å². The van der Waals surface area contributed by atoms with Gasteiger partial charge in [0.15, 0.2) is 6.29 Å². The van der Waals surface area contributed by atoms with Crippen LogP contribution in [0.5, 0.6) is 0 Å². The highest BCUT2D eigenvalue weighted by Gasteiger charge is 2.22. The van der Waals surface area contributed by atoms with Crippen LogP contribution in [0.4, 0.5) is 0 Å². The van der Waals surface area contributed by atoms with Crippen LogP contribution in [0.15, 0.2) is 0 Å². The van der Waals surface area contributed by atoms with E-state index < -0.39 is 6.17 Å². The molecule has 1 aromatic rings. The molecule has 1 aliphatic rings. The first kappa shape index (κ1) is 9.36. The zero-order valence-corrected chi connectivity index (χ0v) is 8.16. The highest BCUT2D eigenvalue weighted by molar-refractivity contribution is 5.56. The van der Waals surface area contributed by atoms with Crippen LogP contribution in [0.25, 0.3) is 0 Å². The molecule has 1 atom stereocenters. The van der Waals surface area contributed by atoms with Crippen LogP contribution < -0.4 is 5.73 Å². The Hall–Kier alpha value is -1.20. The zero-order chi connectivity index (χ0) is 10.1. The number of nitrogens with one attached hydrogen (secondary N) is 1. The molecule has 5 heteroatoms. The molecule has 1 aromatic heterocycles. The Morgan fingerprint density at radius 2 is 2.50 bits per heavy atom. The van der Waals surface area contributed by atoms with Gasteiger partial charge in [0.2, 0.25) is 0 Å². The van der Waals surface area contributed by atoms with Crippen LogP contribution in [0.2, 0.25) is 0 Å². The molecular formula is C9H14N4O. The van der Waals surface area contributed by atoms with Gasteiger partial charge in [-0.15, -0.1) is 0 Å². The third-order valence-corrected chi connectivity index (χ3v) is 2.54. The van der Waals surface area contributed by atoms with E-state index in [1.807, 2.05) is 11.8 Å². The lowest BCUT2D eigenvalue weighted by Crippen LogP contribution is -2.45. The molecule has 1 aliphatic heterocycles. The van der Waals surface area contributed by atoms with Crippen LogP contribution in [-0.4, -0.2) is 33.9 Å². The summed E-state index contributed by atoms with van der Waals surface area (Å²) >= 11 is 0. The van der Waals surface area contributed by atoms with Crippen molar-refractivity contribution >= 4 is 6.29 Å². The van der Waals surface area contributed by atoms with Crippen molar-refractivity contribution in [3.8, 4) is 0 Å². The van der Waals surface area contributed by atoms with Crippen molar-refractivity contribution in [2.75, 3.05) is 6.54 Å². The monoisotopic (exact) mass is 194 g/mol. The summed E-state index contributed by atoms with van der Waals surface area (Å²) < 4.78 is 0. The molecule has 0 spiro atoms. The van der Waals surface area contributed by atoms with E-state index in [1.54, 1.807) is 0 Å². The van der Waals surface area contributed by atoms with Crippen molar-refractivity contribution in [2.24, 2.45) is 5.73 Å². The number of nitrogens with zero attached hydrogens (tertiary/aromatic N) is 2. The van der Waals surface area contributed by atoms with Crippen molar-refractivity contribution in [1.29, 1.82) is 0 Å². The van der Waals surface area contributed by atoms with E-state index >= 15 is 0 Å². The number of carbonyl (C=O) groups is 1. The number of rotatable bonds is 2. The topological polar surface area (TPSA) is 75.0 Å². The molecule has 0 aliphatic carbocycles. The van der Waals surface area contributed by atoms with Gasteiger partial charge in [0.1, 0.15) is 12.0 Å². The molecule has 0 saturated heterocycles. The molecule has 0 amide bonds. The van der Waals surface area contributed by atoms with E-state index in [2.05, 4.69) is 9.97 Å². The summed E-state index contributed by atoms with van der Waals surface area (Å²) in [5.74, 6) is 0.927. The predicted octanol–water partition coefficient (Wildman–Crippen LogP) is -0.440. The molecule has 0 aromatic carbocycles. The van der Waals surface area contributed by atoms with Gasteiger partial charge in [-0.1, -0.05) is 0 Å². The number of hydrogen-bond donors (Lipinski definition) is 2. The Bertz CT molecular complexity index is 347. The maximum Gasteiger partial charge on any atom is 0.151 e. The summed E-state index contributed by atoms with van der Waals surface area (Å²) in [6.45, 7) is 3.43. The Kier molecular flexibility index (Phi) is 2.35. The highest BCUT2D eigenvalue weighted by atomic mass is 16.1. The minimum atomic E-state index is -0.494. The van der Waals surface area contributed by atoms with Gasteiger partial charge in [-0.3, -0.25) is 4.90 Å². The standard InChI is InChI=1S/C9H14N4O/c1-6-11-7-2-3-13(9(10)5-14)4-8(7)12-6/h5,9H,2-4,10H2,1H3,(H,11,12). The fraction of sp³-hybridized carbons (Fsp3) is 0.556. The lowest BCUT2D eigenvalue weighted by atomic mass is 10.1. The van der Waals surface area contributed by atoms with E-state index in [9.17, 15) is 4.79 Å². The zero-order valence-electron chi connectivity index (χ0n) is 8.16. The van der Waals surface area contributed by atoms with E-state index in [0.717, 1.165) is 36.5 Å². The fourth-order valence-electron chi connectivity index (χ4n) is 1.80. The van der Waals surface area contributed by atoms with Crippen LogP contribution in [0.1, 0.15) is 17.2 Å². The van der Waals surface area contributed by atoms with E-state index in [0.29, 0.717) is 6.54 Å². The smallest absolute Gasteiger partial charge is 0.151 e. The maximum atomic E-state index is 10.5. The van der Waals surface area contributed by atoms with Gasteiger partial charge in [-0.05, 0) is 6.92 Å². The number of nitrogens with two attached hydrogens (primary N) is 1. The van der Waals surface area contributed by atoms with Gasteiger partial charge in [-0.25, -0.2) is 4.98 Å². The number of aromatic nitrogens is 2. The second-order valence-electron chi connectivity index (χ2n) is 3.59. The number of aryl methyl sites for hydroxylation is 1. The first-order valence-electron chi connectivity index (χ1n) is 4.70. The highest BCUT2D eigenvalue weighted by Crippen LogP contribution is 2.16. The first-order chi connectivity index (χ1) is 6.70. The number of hydrogen-bond acceptors (Lipinski definition) is 4. The summed E-state index contributed by atoms with van der Waals surface area (Å²) in [5.41, 5.74) is 7.83. The molecular weight excluding hydrogens is 180 g/mol. The van der Waals surface area contributed by atoms with Gasteiger partial charge in [0.25, 0.3) is 0 Å². The molecule has 1 unspecified atom stereocenters. The second-order valence-corrected chi connectivity index (χ2v) is 3.59. The Labute approximate surface area is 82.3 Å². The van der Waals surface area contributed by atoms with Gasteiger partial charge < -0.3 is 15.5 Å². The van der Waals surface area contributed by atoms with Crippen molar-refractivity contribution in [1.82, 2.24) is 14.9 Å². The van der Waals surface area contributed by atoms with Crippen molar-refractivity contribution < 1.29 is 4.79 Å². The third-order valence-electron chi connectivity index (χ3n) is 2.54. The third kappa shape index (κ3) is 1.56. The molecule has 0 fully saturated rings. The van der Waals surface area contributed by atoms with Crippen LogP contribution in [-0.2, 0) is 17.8 Å². The van der Waals surface area contributed by atoms with Gasteiger partial charge in [0, 0.05) is 19.5 Å². The largest absolute Gasteiger partial charge is 0.345 e. The normalized spacial score (nSPS) is 19.0. The molecule has 2 rings (SSSR count). The molecule has 14 heavy (non-hydrogen) atoms. The van der Waals surface area contributed by atoms with E-state index in [4.69, 9.17) is 5.73 Å². The Morgan fingerprint density at radius 3 is 3.21 bits per heavy atom. The Balaban J connectivity index is 2.16. The van der Waals surface area contributed by atoms with Crippen LogP contribution in [0, 0.1) is 6.92 Å². The fourth-order valence-corrected chi connectivity index (χ4v) is 1.80. The molecule has 3 N–H and O–H groups in total. The number of carbonyl (C=O) groups excluding carboxylic acids is 1. The number of H-pyrrole nitrogens is 1. The lowest BCUT2D eigenvalue weighted by Gasteiger charge is -2.28. The number of aromatic amines is 1. The average molecular weight is 194 g/mol. The maximum absolute atomic E-state index is 10.5. The average Bonchev–Trinajstić information content (AvgIpc) is 2.55. The summed E-state index contributed by atoms with van der Waals surface area (Å²) in [4.78, 5) is 20.0. The van der Waals surface area contributed by atoms with Crippen LogP contribution >= 0.6 is 0 Å². The SMILES string of the molecule is Cc1nc2c([nH]1)CN(C(N)C=O)CC2. The molecule has 5 nitrogen and oxygen atoms in total.